The smallest absolute Gasteiger partial charge is 0.368 e. The van der Waals surface area contributed by atoms with Crippen LogP contribution < -0.4 is 34.5 Å². The third-order valence-electron chi connectivity index (χ3n) is 3.63. The molecule has 1 saturated heterocycles. The number of hydrogen-bond acceptors (Lipinski definition) is 3. The van der Waals surface area contributed by atoms with E-state index in [1.807, 2.05) is 0 Å². The molecule has 6 heteroatoms. The second-order valence-corrected chi connectivity index (χ2v) is 4.46. The van der Waals surface area contributed by atoms with Crippen molar-refractivity contribution in [1.82, 2.24) is 0 Å². The van der Waals surface area contributed by atoms with Gasteiger partial charge in [0.05, 0.1) is 5.41 Å². The van der Waals surface area contributed by atoms with E-state index in [4.69, 9.17) is 0 Å². The Morgan fingerprint density at radius 2 is 1.60 bits per heavy atom. The summed E-state index contributed by atoms with van der Waals surface area (Å²) in [4.78, 5) is 37.3. The second kappa shape index (κ2) is 6.52. The number of nitrogens with zero attached hydrogens (tertiary/aromatic N) is 2. The second-order valence-electron chi connectivity index (χ2n) is 4.46. The fourth-order valence-electron chi connectivity index (χ4n) is 2.30. The number of benzene rings is 1. The number of barbiturate groups is 1. The Morgan fingerprint density at radius 3 is 2.10 bits per heavy atom. The van der Waals surface area contributed by atoms with E-state index in [-0.39, 0.29) is 29.6 Å². The van der Waals surface area contributed by atoms with Gasteiger partial charge in [0.25, 0.3) is 0 Å². The third-order valence-corrected chi connectivity index (χ3v) is 3.63. The van der Waals surface area contributed by atoms with Gasteiger partial charge in [-0.1, -0.05) is 44.2 Å². The van der Waals surface area contributed by atoms with Gasteiger partial charge >= 0.3 is 29.6 Å². The Kier molecular flexibility index (Phi) is 5.50. The number of carbonyl (C=O) groups is 3. The fraction of sp³-hybridized carbons (Fsp3) is 0.357. The van der Waals surface area contributed by atoms with Crippen LogP contribution in [0.5, 0.6) is 0 Å². The van der Waals surface area contributed by atoms with E-state index in [9.17, 15) is 14.4 Å². The van der Waals surface area contributed by atoms with Crippen molar-refractivity contribution in [3.8, 4) is 0 Å². The van der Waals surface area contributed by atoms with Crippen LogP contribution in [-0.4, -0.2) is 17.8 Å². The number of carbonyl (C=O) groups excluding carboxylic acids is 3. The molecule has 20 heavy (non-hydrogen) atoms. The van der Waals surface area contributed by atoms with E-state index in [1.165, 1.54) is 0 Å². The molecule has 0 aliphatic carbocycles. The van der Waals surface area contributed by atoms with Gasteiger partial charge in [0, 0.05) is 0 Å². The number of hydrogen-bond donors (Lipinski definition) is 0. The Bertz CT molecular complexity index is 526. The summed E-state index contributed by atoms with van der Waals surface area (Å²) in [5.74, 6) is -1.10. The van der Waals surface area contributed by atoms with Crippen LogP contribution in [0.4, 0.5) is 10.5 Å². The maximum Gasteiger partial charge on any atom is 1.00 e. The number of imide groups is 2. The molecular formula is C14H15N2NaO3. The number of urea groups is 1. The molecule has 0 atom stereocenters. The van der Waals surface area contributed by atoms with Crippen LogP contribution in [-0.2, 0) is 9.59 Å². The normalized spacial score (nSPS) is 17.5. The average molecular weight is 282 g/mol. The Labute approximate surface area is 140 Å². The van der Waals surface area contributed by atoms with Crippen LogP contribution in [0.1, 0.15) is 26.7 Å². The molecule has 100 valence electrons. The topological polar surface area (TPSA) is 68.6 Å². The molecule has 0 N–H and O–H groups in total. The largest absolute Gasteiger partial charge is 1.00 e. The Balaban J connectivity index is 0.00000200. The van der Waals surface area contributed by atoms with Gasteiger partial charge in [-0.3, -0.25) is 14.4 Å². The molecule has 2 rings (SSSR count). The molecule has 0 spiro atoms. The van der Waals surface area contributed by atoms with Crippen molar-refractivity contribution in [3.05, 3.63) is 35.6 Å². The molecule has 0 saturated carbocycles. The summed E-state index contributed by atoms with van der Waals surface area (Å²) < 4.78 is 0. The summed E-state index contributed by atoms with van der Waals surface area (Å²) >= 11 is 0. The Hall–Kier alpha value is -1.17. The van der Waals surface area contributed by atoms with E-state index < -0.39 is 23.3 Å². The van der Waals surface area contributed by atoms with Gasteiger partial charge in [-0.25, -0.2) is 0 Å². The van der Waals surface area contributed by atoms with Crippen molar-refractivity contribution in [2.75, 3.05) is 4.90 Å². The maximum absolute atomic E-state index is 12.6. The zero-order valence-corrected chi connectivity index (χ0v) is 13.9. The molecule has 1 aromatic carbocycles. The van der Waals surface area contributed by atoms with Crippen molar-refractivity contribution >= 4 is 23.5 Å². The first-order valence-electron chi connectivity index (χ1n) is 6.26. The van der Waals surface area contributed by atoms with Gasteiger partial charge < -0.3 is 10.2 Å². The van der Waals surface area contributed by atoms with E-state index in [0.717, 1.165) is 4.90 Å². The minimum absolute atomic E-state index is 0. The predicted molar refractivity (Wildman–Crippen MR) is 70.7 cm³/mol. The van der Waals surface area contributed by atoms with Crippen molar-refractivity contribution in [1.29, 1.82) is 0 Å². The minimum atomic E-state index is -1.20. The molecule has 0 aromatic heterocycles. The van der Waals surface area contributed by atoms with Gasteiger partial charge in [0.2, 0.25) is 0 Å². The van der Waals surface area contributed by atoms with Crippen LogP contribution >= 0.6 is 0 Å². The average Bonchev–Trinajstić information content (AvgIpc) is 2.41. The van der Waals surface area contributed by atoms with Crippen molar-refractivity contribution in [2.45, 2.75) is 26.7 Å². The molecule has 0 bridgehead atoms. The first-order chi connectivity index (χ1) is 9.06. The minimum Gasteiger partial charge on any atom is -0.368 e. The van der Waals surface area contributed by atoms with Gasteiger partial charge in [-0.05, 0) is 18.5 Å². The van der Waals surface area contributed by atoms with Gasteiger partial charge in [-0.2, -0.15) is 0 Å². The Morgan fingerprint density at radius 1 is 1.05 bits per heavy atom. The summed E-state index contributed by atoms with van der Waals surface area (Å²) in [7, 11) is 0. The summed E-state index contributed by atoms with van der Waals surface area (Å²) in [6.07, 6.45) is 0.669. The zero-order chi connectivity index (χ0) is 14.0. The molecule has 4 amide bonds. The molecule has 1 fully saturated rings. The summed E-state index contributed by atoms with van der Waals surface area (Å²) in [5.41, 5.74) is -0.760. The van der Waals surface area contributed by atoms with E-state index >= 15 is 0 Å². The van der Waals surface area contributed by atoms with Gasteiger partial charge in [-0.15, -0.1) is 0 Å². The third kappa shape index (κ3) is 2.53. The molecule has 5 nitrogen and oxygen atoms in total. The maximum atomic E-state index is 12.6. The van der Waals surface area contributed by atoms with Crippen molar-refractivity contribution < 1.29 is 43.9 Å². The van der Waals surface area contributed by atoms with Gasteiger partial charge in [0.15, 0.2) is 17.8 Å². The molecule has 1 aromatic rings. The molecule has 1 aliphatic rings. The monoisotopic (exact) mass is 282 g/mol. The molecule has 1 aliphatic heterocycles. The first kappa shape index (κ1) is 16.9. The standard InChI is InChI=1S/C14H16N2O3.Na/c1-3-14(4-2)11(17)15-13(19)16(12(14)18)10-8-6-5-7-9-10;/h5-9H,3-4H2,1-2H3,(H,15,17,19);/q;+1/p-1. The van der Waals surface area contributed by atoms with Gasteiger partial charge in [0.1, 0.15) is 0 Å². The number of para-hydroxylation sites is 1. The van der Waals surface area contributed by atoms with Crippen molar-refractivity contribution in [2.24, 2.45) is 5.41 Å². The SMILES string of the molecule is CCC1(CC)C(=O)[N-]C(=O)N(c2ccccc2)C1=O.[Na+]. The molecule has 0 radical (unpaired) electrons. The number of rotatable bonds is 3. The van der Waals surface area contributed by atoms with Crippen LogP contribution in [0.2, 0.25) is 0 Å². The molecular weight excluding hydrogens is 267 g/mol. The quantitative estimate of drug-likeness (QED) is 0.572. The summed E-state index contributed by atoms with van der Waals surface area (Å²) in [5, 5.41) is 3.51. The first-order valence-corrected chi connectivity index (χ1v) is 6.26. The number of anilines is 1. The van der Waals surface area contributed by atoms with Crippen molar-refractivity contribution in [3.63, 3.8) is 0 Å². The van der Waals surface area contributed by atoms with E-state index in [0.29, 0.717) is 18.5 Å². The summed E-state index contributed by atoms with van der Waals surface area (Å²) in [6, 6.07) is 7.74. The molecule has 1 heterocycles. The zero-order valence-electron chi connectivity index (χ0n) is 11.9. The van der Waals surface area contributed by atoms with Crippen LogP contribution in [0.15, 0.2) is 30.3 Å². The fourth-order valence-corrected chi connectivity index (χ4v) is 2.30. The summed E-state index contributed by atoms with van der Waals surface area (Å²) in [6.45, 7) is 3.52. The molecule has 0 unspecified atom stereocenters. The van der Waals surface area contributed by atoms with Crippen LogP contribution in [0.3, 0.4) is 0 Å². The van der Waals surface area contributed by atoms with Crippen LogP contribution in [0, 0.1) is 5.41 Å². The number of amides is 4. The predicted octanol–water partition coefficient (Wildman–Crippen LogP) is -0.136. The van der Waals surface area contributed by atoms with E-state index in [1.54, 1.807) is 44.2 Å². The van der Waals surface area contributed by atoms with Crippen LogP contribution in [0.25, 0.3) is 5.32 Å². The van der Waals surface area contributed by atoms with E-state index in [2.05, 4.69) is 5.32 Å².